The second kappa shape index (κ2) is 12.2. The molecule has 17 heteroatoms. The number of aliphatic carboxylic acids is 2. The summed E-state index contributed by atoms with van der Waals surface area (Å²) in [7, 11) is -4.14. The number of hydrogen-bond acceptors (Lipinski definition) is 9. The van der Waals surface area contributed by atoms with Gasteiger partial charge in [-0.1, -0.05) is 0 Å². The van der Waals surface area contributed by atoms with Crippen LogP contribution in [0.2, 0.25) is 0 Å². The molecule has 0 radical (unpaired) electrons. The number of ether oxygens (including phenoxy) is 1. The van der Waals surface area contributed by atoms with Crippen LogP contribution in [0.1, 0.15) is 31.1 Å². The maximum Gasteiger partial charge on any atom is 0.397 e. The van der Waals surface area contributed by atoms with Crippen molar-refractivity contribution in [2.24, 2.45) is 5.50 Å². The van der Waals surface area contributed by atoms with Gasteiger partial charge in [0.1, 0.15) is 18.6 Å². The molecule has 0 aliphatic carbocycles. The molecular formula is C16H27N4O12P. The summed E-state index contributed by atoms with van der Waals surface area (Å²) < 4.78 is 15.8. The van der Waals surface area contributed by atoms with Gasteiger partial charge in [-0.2, -0.15) is 0 Å². The van der Waals surface area contributed by atoms with Gasteiger partial charge in [0.15, 0.2) is 0 Å². The second-order valence-electron chi connectivity index (χ2n) is 7.16. The zero-order valence-electron chi connectivity index (χ0n) is 17.5. The van der Waals surface area contributed by atoms with Crippen molar-refractivity contribution in [2.75, 3.05) is 13.1 Å². The van der Waals surface area contributed by atoms with Crippen molar-refractivity contribution in [1.82, 2.24) is 14.5 Å². The number of aromatic nitrogens is 2. The molecule has 1 fully saturated rings. The first kappa shape index (κ1) is 28.6. The number of carboxylic acids is 2. The molecule has 1 aromatic heterocycles. The molecular weight excluding hydrogens is 471 g/mol. The maximum absolute atomic E-state index is 12.0. The Bertz CT molecular complexity index is 962. The first-order chi connectivity index (χ1) is 15.1. The summed E-state index contributed by atoms with van der Waals surface area (Å²) in [5.74, 6) is -2.26. The van der Waals surface area contributed by atoms with E-state index in [1.54, 1.807) is 0 Å². The number of aliphatic hydroxyl groups excluding tert-OH is 2. The minimum atomic E-state index is -4.14. The molecule has 188 valence electrons. The van der Waals surface area contributed by atoms with Crippen molar-refractivity contribution in [3.05, 3.63) is 32.6 Å². The number of aryl methyl sites for hydroxylation is 1. The van der Waals surface area contributed by atoms with Crippen molar-refractivity contribution < 1.29 is 49.1 Å². The largest absolute Gasteiger partial charge is 0.481 e. The van der Waals surface area contributed by atoms with Crippen LogP contribution in [0, 0.1) is 6.92 Å². The summed E-state index contributed by atoms with van der Waals surface area (Å²) in [6, 6.07) is 0. The smallest absolute Gasteiger partial charge is 0.397 e. The highest BCUT2D eigenvalue weighted by Gasteiger charge is 2.42. The van der Waals surface area contributed by atoms with Crippen molar-refractivity contribution in [2.45, 2.75) is 50.8 Å². The van der Waals surface area contributed by atoms with Gasteiger partial charge >= 0.3 is 25.4 Å². The molecule has 4 atom stereocenters. The summed E-state index contributed by atoms with van der Waals surface area (Å²) in [5.41, 5.74) is 2.99. The van der Waals surface area contributed by atoms with Gasteiger partial charge in [-0.15, -0.1) is 0 Å². The lowest BCUT2D eigenvalue weighted by molar-refractivity contribution is -0.150. The number of aliphatic hydroxyl groups is 2. The van der Waals surface area contributed by atoms with Gasteiger partial charge in [-0.3, -0.25) is 28.8 Å². The van der Waals surface area contributed by atoms with Gasteiger partial charge in [0.2, 0.25) is 0 Å². The fraction of sp³-hybridized carbons (Fsp3) is 0.625. The van der Waals surface area contributed by atoms with Crippen molar-refractivity contribution in [3.63, 3.8) is 0 Å². The Morgan fingerprint density at radius 2 is 1.76 bits per heavy atom. The highest BCUT2D eigenvalue weighted by molar-refractivity contribution is 7.49. The van der Waals surface area contributed by atoms with Crippen LogP contribution >= 0.6 is 7.75 Å². The van der Waals surface area contributed by atoms with Crippen LogP contribution in [0.4, 0.5) is 0 Å². The number of rotatable bonds is 9. The average Bonchev–Trinajstić information content (AvgIpc) is 3.04. The molecule has 0 saturated carbocycles. The molecule has 9 N–H and O–H groups in total. The number of nitrogens with one attached hydrogen (secondary N) is 1. The standard InChI is InChI=1S/C16H23N3O9.H4NO3P/c1-8-7-19(16(27)17-14(8)25)10-6-9(20)13(28-10)15(26)18(4-2-11(21)22)5-3-12(23)24;1-5(2,3)4/h7,9-10,13,15,20,26H,2-6H2,1H3,(H,21,22)(H,23,24)(H,17,25,27);(H4,1,2,3,4)/t9-,10+,13-,15?;/m0./s1. The van der Waals surface area contributed by atoms with E-state index in [4.69, 9.17) is 29.3 Å². The number of aromatic amines is 1. The topological polar surface area (TPSA) is 266 Å². The molecule has 1 aliphatic heterocycles. The highest BCUT2D eigenvalue weighted by Crippen LogP contribution is 2.30. The number of nitrogens with two attached hydrogens (primary N) is 1. The van der Waals surface area contributed by atoms with Gasteiger partial charge in [0.05, 0.1) is 18.9 Å². The zero-order chi connectivity index (χ0) is 25.5. The average molecular weight is 498 g/mol. The third-order valence-electron chi connectivity index (χ3n) is 4.49. The molecule has 16 nitrogen and oxygen atoms in total. The quantitative estimate of drug-likeness (QED) is 0.125. The number of hydrogen-bond donors (Lipinski definition) is 8. The summed E-state index contributed by atoms with van der Waals surface area (Å²) >= 11 is 0. The van der Waals surface area contributed by atoms with E-state index in [-0.39, 0.29) is 37.9 Å². The van der Waals surface area contributed by atoms with Gasteiger partial charge in [0, 0.05) is 31.3 Å². The Kier molecular flexibility index (Phi) is 10.5. The predicted molar refractivity (Wildman–Crippen MR) is 109 cm³/mol. The van der Waals surface area contributed by atoms with Crippen molar-refractivity contribution in [3.8, 4) is 0 Å². The third kappa shape index (κ3) is 9.93. The zero-order valence-corrected chi connectivity index (χ0v) is 18.4. The monoisotopic (exact) mass is 498 g/mol. The van der Waals surface area contributed by atoms with E-state index in [9.17, 15) is 29.4 Å². The molecule has 0 aromatic carbocycles. The van der Waals surface area contributed by atoms with Crippen LogP contribution < -0.4 is 16.8 Å². The van der Waals surface area contributed by atoms with Crippen molar-refractivity contribution in [1.29, 1.82) is 0 Å². The maximum atomic E-state index is 12.0. The van der Waals surface area contributed by atoms with Gasteiger partial charge in [-0.25, -0.2) is 14.9 Å². The summed E-state index contributed by atoms with van der Waals surface area (Å²) in [6.45, 7) is 1.18. The van der Waals surface area contributed by atoms with Crippen molar-refractivity contribution >= 4 is 19.7 Å². The Hall–Kier alpha value is -2.43. The number of carboxylic acid groups (broad SMARTS) is 2. The molecule has 0 bridgehead atoms. The van der Waals surface area contributed by atoms with Gasteiger partial charge in [-0.05, 0) is 6.92 Å². The first-order valence-electron chi connectivity index (χ1n) is 9.45. The Labute approximate surface area is 186 Å². The van der Waals surface area contributed by atoms with Gasteiger partial charge in [0.25, 0.3) is 5.56 Å². The SMILES string of the molecule is Cc1cn([C@H]2C[C@H](O)[C@@H](C(O)N(CCC(=O)O)CCC(=O)O)O2)c(=O)[nH]c1=O.NP(=O)(O)O. The molecule has 0 spiro atoms. The summed E-state index contributed by atoms with van der Waals surface area (Å²) in [4.78, 5) is 63.2. The molecule has 1 saturated heterocycles. The number of nitrogens with zero attached hydrogens (tertiary/aromatic N) is 2. The number of H-pyrrole nitrogens is 1. The molecule has 1 aromatic rings. The van der Waals surface area contributed by atoms with Crippen LogP contribution in [-0.4, -0.2) is 88.1 Å². The highest BCUT2D eigenvalue weighted by atomic mass is 31.2. The van der Waals surface area contributed by atoms with Crippen LogP contribution in [0.25, 0.3) is 0 Å². The summed E-state index contributed by atoms with van der Waals surface area (Å²) in [5, 5.41) is 38.5. The van der Waals surface area contributed by atoms with E-state index in [0.29, 0.717) is 0 Å². The molecule has 2 heterocycles. The van der Waals surface area contributed by atoms with Crippen LogP contribution in [-0.2, 0) is 18.9 Å². The minimum absolute atomic E-state index is 0.0567. The Balaban J connectivity index is 0.000000981. The fourth-order valence-electron chi connectivity index (χ4n) is 2.98. The van der Waals surface area contributed by atoms with Crippen LogP contribution in [0.5, 0.6) is 0 Å². The lowest BCUT2D eigenvalue weighted by atomic mass is 10.1. The normalized spacial score (nSPS) is 21.4. The lowest BCUT2D eigenvalue weighted by Gasteiger charge is -2.32. The van der Waals surface area contributed by atoms with E-state index in [1.807, 2.05) is 0 Å². The van der Waals surface area contributed by atoms with E-state index >= 15 is 0 Å². The van der Waals surface area contributed by atoms with E-state index in [2.05, 4.69) is 10.5 Å². The Morgan fingerprint density at radius 1 is 1.27 bits per heavy atom. The molecule has 33 heavy (non-hydrogen) atoms. The lowest BCUT2D eigenvalue weighted by Crippen LogP contribution is -2.49. The van der Waals surface area contributed by atoms with E-state index < -0.39 is 55.6 Å². The minimum Gasteiger partial charge on any atom is -0.481 e. The van der Waals surface area contributed by atoms with Gasteiger partial charge < -0.3 is 34.9 Å². The van der Waals surface area contributed by atoms with E-state index in [1.165, 1.54) is 18.0 Å². The molecule has 1 aliphatic rings. The molecule has 2 rings (SSSR count). The van der Waals surface area contributed by atoms with Crippen LogP contribution in [0.3, 0.4) is 0 Å². The second-order valence-corrected chi connectivity index (χ2v) is 8.34. The molecule has 1 unspecified atom stereocenters. The third-order valence-corrected chi connectivity index (χ3v) is 4.49. The van der Waals surface area contributed by atoms with Crippen LogP contribution in [0.15, 0.2) is 15.8 Å². The fourth-order valence-corrected chi connectivity index (χ4v) is 2.98. The number of carbonyl (C=O) groups is 2. The molecule has 0 amide bonds. The predicted octanol–water partition coefficient (Wildman–Crippen LogP) is -2.90. The first-order valence-corrected chi connectivity index (χ1v) is 11.1. The van der Waals surface area contributed by atoms with E-state index in [0.717, 1.165) is 4.57 Å². The Morgan fingerprint density at radius 3 is 2.21 bits per heavy atom. The summed E-state index contributed by atoms with van der Waals surface area (Å²) in [6.07, 6.45) is -4.32.